The summed E-state index contributed by atoms with van der Waals surface area (Å²) in [7, 11) is 0. The van der Waals surface area contributed by atoms with Crippen molar-refractivity contribution < 1.29 is 0 Å². The zero-order valence-corrected chi connectivity index (χ0v) is 11.3. The molecule has 0 aliphatic rings. The highest BCUT2D eigenvalue weighted by Gasteiger charge is 2.08. The van der Waals surface area contributed by atoms with Crippen LogP contribution in [0.1, 0.15) is 4.88 Å². The highest BCUT2D eigenvalue weighted by molar-refractivity contribution is 9.11. The second kappa shape index (κ2) is 4.16. The molecule has 3 rings (SSSR count). The van der Waals surface area contributed by atoms with Crippen LogP contribution in [-0.4, -0.2) is 9.55 Å². The van der Waals surface area contributed by atoms with Crippen LogP contribution >= 0.6 is 27.3 Å². The van der Waals surface area contributed by atoms with Crippen molar-refractivity contribution in [3.8, 4) is 0 Å². The van der Waals surface area contributed by atoms with Crippen LogP contribution in [0.2, 0.25) is 0 Å². The summed E-state index contributed by atoms with van der Waals surface area (Å²) < 4.78 is 3.17. The lowest BCUT2D eigenvalue weighted by molar-refractivity contribution is 0.853. The number of halogens is 1. The van der Waals surface area contributed by atoms with Crippen molar-refractivity contribution in [1.82, 2.24) is 9.55 Å². The molecule has 0 amide bonds. The van der Waals surface area contributed by atoms with Gasteiger partial charge in [0.1, 0.15) is 0 Å². The first-order chi connectivity index (χ1) is 8.24. The number of thiophene rings is 1. The van der Waals surface area contributed by atoms with Crippen molar-refractivity contribution in [3.63, 3.8) is 0 Å². The summed E-state index contributed by atoms with van der Waals surface area (Å²) >= 11 is 5.18. The van der Waals surface area contributed by atoms with E-state index in [2.05, 4.69) is 33.0 Å². The number of para-hydroxylation sites is 2. The van der Waals surface area contributed by atoms with Crippen molar-refractivity contribution >= 4 is 44.2 Å². The number of hydrogen-bond acceptors (Lipinski definition) is 3. The third-order valence-corrected chi connectivity index (χ3v) is 4.24. The second-order valence-corrected chi connectivity index (χ2v) is 6.30. The zero-order chi connectivity index (χ0) is 11.8. The fourth-order valence-corrected chi connectivity index (χ4v) is 3.33. The lowest BCUT2D eigenvalue weighted by atomic mass is 10.3. The summed E-state index contributed by atoms with van der Waals surface area (Å²) in [4.78, 5) is 5.61. The van der Waals surface area contributed by atoms with E-state index in [1.165, 1.54) is 4.88 Å². The van der Waals surface area contributed by atoms with Gasteiger partial charge in [-0.25, -0.2) is 4.98 Å². The fourth-order valence-electron chi connectivity index (χ4n) is 1.85. The van der Waals surface area contributed by atoms with Gasteiger partial charge >= 0.3 is 0 Å². The summed E-state index contributed by atoms with van der Waals surface area (Å²) in [5.41, 5.74) is 7.98. The Hall–Kier alpha value is -1.33. The van der Waals surface area contributed by atoms with E-state index in [0.29, 0.717) is 5.95 Å². The number of nitrogens with zero attached hydrogens (tertiary/aromatic N) is 2. The molecule has 2 aromatic heterocycles. The fraction of sp³-hybridized carbons (Fsp3) is 0.0833. The molecule has 0 aliphatic carbocycles. The van der Waals surface area contributed by atoms with Crippen LogP contribution in [0.15, 0.2) is 40.2 Å². The van der Waals surface area contributed by atoms with Gasteiger partial charge < -0.3 is 10.3 Å². The molecule has 2 heterocycles. The molecule has 3 nitrogen and oxygen atoms in total. The van der Waals surface area contributed by atoms with Gasteiger partial charge in [0.05, 0.1) is 21.4 Å². The molecule has 0 aliphatic heterocycles. The van der Waals surface area contributed by atoms with Crippen molar-refractivity contribution in [3.05, 3.63) is 45.1 Å². The Morgan fingerprint density at radius 1 is 1.24 bits per heavy atom. The van der Waals surface area contributed by atoms with Gasteiger partial charge in [-0.1, -0.05) is 12.1 Å². The molecule has 2 N–H and O–H groups in total. The minimum Gasteiger partial charge on any atom is -0.369 e. The first-order valence-electron chi connectivity index (χ1n) is 5.19. The molecule has 0 fully saturated rings. The van der Waals surface area contributed by atoms with Gasteiger partial charge in [-0.05, 0) is 40.2 Å². The Bertz CT molecular complexity index is 671. The largest absolute Gasteiger partial charge is 0.369 e. The van der Waals surface area contributed by atoms with Crippen LogP contribution in [0.5, 0.6) is 0 Å². The lowest BCUT2D eigenvalue weighted by Crippen LogP contribution is -2.03. The predicted octanol–water partition coefficient (Wildman–Crippen LogP) is 3.49. The maximum Gasteiger partial charge on any atom is 0.201 e. The molecule has 0 spiro atoms. The van der Waals surface area contributed by atoms with E-state index in [9.17, 15) is 0 Å². The quantitative estimate of drug-likeness (QED) is 0.787. The average molecular weight is 308 g/mol. The third-order valence-electron chi connectivity index (χ3n) is 2.63. The van der Waals surface area contributed by atoms with E-state index < -0.39 is 0 Å². The van der Waals surface area contributed by atoms with Crippen molar-refractivity contribution in [1.29, 1.82) is 0 Å². The average Bonchev–Trinajstić information content (AvgIpc) is 2.85. The van der Waals surface area contributed by atoms with E-state index in [4.69, 9.17) is 5.73 Å². The Morgan fingerprint density at radius 2 is 2.06 bits per heavy atom. The van der Waals surface area contributed by atoms with E-state index in [0.717, 1.165) is 21.4 Å². The number of aromatic nitrogens is 2. The summed E-state index contributed by atoms with van der Waals surface area (Å²) in [5, 5.41) is 0. The first-order valence-corrected chi connectivity index (χ1v) is 6.80. The van der Waals surface area contributed by atoms with Gasteiger partial charge in [-0.2, -0.15) is 0 Å². The van der Waals surface area contributed by atoms with Crippen LogP contribution in [-0.2, 0) is 6.54 Å². The maximum absolute atomic E-state index is 5.95. The Kier molecular flexibility index (Phi) is 2.64. The minimum atomic E-state index is 0.565. The molecule has 0 radical (unpaired) electrons. The Balaban J connectivity index is 2.08. The van der Waals surface area contributed by atoms with Gasteiger partial charge in [0, 0.05) is 4.88 Å². The van der Waals surface area contributed by atoms with Crippen molar-refractivity contribution in [2.45, 2.75) is 6.54 Å². The summed E-state index contributed by atoms with van der Waals surface area (Å²) in [5.74, 6) is 0.565. The monoisotopic (exact) mass is 307 g/mol. The standard InChI is InChI=1S/C12H10BrN3S/c13-11-6-5-8(17-11)7-16-10-4-2-1-3-9(10)15-12(16)14/h1-6H,7H2,(H2,14,15). The molecule has 5 heteroatoms. The zero-order valence-electron chi connectivity index (χ0n) is 8.93. The van der Waals surface area contributed by atoms with E-state index in [1.807, 2.05) is 28.8 Å². The molecule has 0 saturated carbocycles. The number of hydrogen-bond donors (Lipinski definition) is 1. The van der Waals surface area contributed by atoms with Crippen molar-refractivity contribution in [2.24, 2.45) is 0 Å². The molecule has 0 atom stereocenters. The number of anilines is 1. The van der Waals surface area contributed by atoms with E-state index in [-0.39, 0.29) is 0 Å². The van der Waals surface area contributed by atoms with Gasteiger partial charge in [0.15, 0.2) is 0 Å². The Labute approximate surface area is 111 Å². The molecule has 0 saturated heterocycles. The van der Waals surface area contributed by atoms with Crippen LogP contribution in [0.3, 0.4) is 0 Å². The van der Waals surface area contributed by atoms with Crippen LogP contribution < -0.4 is 5.73 Å². The van der Waals surface area contributed by atoms with Gasteiger partial charge in [0.25, 0.3) is 0 Å². The summed E-state index contributed by atoms with van der Waals surface area (Å²) in [6.07, 6.45) is 0. The van der Waals surface area contributed by atoms with E-state index >= 15 is 0 Å². The number of nitrogen functional groups attached to an aromatic ring is 1. The minimum absolute atomic E-state index is 0.565. The molecule has 0 bridgehead atoms. The number of benzene rings is 1. The van der Waals surface area contributed by atoms with Crippen LogP contribution in [0, 0.1) is 0 Å². The lowest BCUT2D eigenvalue weighted by Gasteiger charge is -2.03. The molecular weight excluding hydrogens is 298 g/mol. The van der Waals surface area contributed by atoms with Gasteiger partial charge in [0.2, 0.25) is 5.95 Å². The second-order valence-electron chi connectivity index (χ2n) is 3.75. The SMILES string of the molecule is Nc1nc2ccccc2n1Cc1ccc(Br)s1. The van der Waals surface area contributed by atoms with Crippen molar-refractivity contribution in [2.75, 3.05) is 5.73 Å². The third kappa shape index (κ3) is 1.96. The number of imidazole rings is 1. The normalized spacial score (nSPS) is 11.1. The van der Waals surface area contributed by atoms with E-state index in [1.54, 1.807) is 11.3 Å². The number of rotatable bonds is 2. The van der Waals surface area contributed by atoms with Crippen LogP contribution in [0.4, 0.5) is 5.95 Å². The molecule has 17 heavy (non-hydrogen) atoms. The van der Waals surface area contributed by atoms with Gasteiger partial charge in [-0.15, -0.1) is 11.3 Å². The first kappa shape index (κ1) is 10.8. The highest BCUT2D eigenvalue weighted by Crippen LogP contribution is 2.25. The predicted molar refractivity (Wildman–Crippen MR) is 75.3 cm³/mol. The summed E-state index contributed by atoms with van der Waals surface area (Å²) in [6.45, 7) is 0.766. The highest BCUT2D eigenvalue weighted by atomic mass is 79.9. The molecule has 86 valence electrons. The topological polar surface area (TPSA) is 43.8 Å². The number of nitrogens with two attached hydrogens (primary N) is 1. The smallest absolute Gasteiger partial charge is 0.201 e. The Morgan fingerprint density at radius 3 is 2.82 bits per heavy atom. The van der Waals surface area contributed by atoms with Crippen LogP contribution in [0.25, 0.3) is 11.0 Å². The summed E-state index contributed by atoms with van der Waals surface area (Å²) in [6, 6.07) is 12.2. The maximum atomic E-state index is 5.95. The van der Waals surface area contributed by atoms with Gasteiger partial charge in [-0.3, -0.25) is 0 Å². The molecule has 3 aromatic rings. The molecule has 0 unspecified atom stereocenters. The number of fused-ring (bicyclic) bond motifs is 1. The molecule has 1 aromatic carbocycles. The molecular formula is C12H10BrN3S.